The number of anilines is 3. The molecule has 0 unspecified atom stereocenters. The molecule has 106 valence electrons. The van der Waals surface area contributed by atoms with Crippen LogP contribution in [0.3, 0.4) is 0 Å². The van der Waals surface area contributed by atoms with Crippen LogP contribution < -0.4 is 11.1 Å². The van der Waals surface area contributed by atoms with Crippen LogP contribution in [0.15, 0.2) is 35.2 Å². The molecule has 5 heteroatoms. The van der Waals surface area contributed by atoms with E-state index in [4.69, 9.17) is 5.73 Å². The minimum absolute atomic E-state index is 0.134. The van der Waals surface area contributed by atoms with Gasteiger partial charge in [0.05, 0.1) is 5.69 Å². The van der Waals surface area contributed by atoms with Crippen LogP contribution in [-0.2, 0) is 5.41 Å². The van der Waals surface area contributed by atoms with Gasteiger partial charge in [0, 0.05) is 16.4 Å². The van der Waals surface area contributed by atoms with E-state index in [1.807, 2.05) is 18.2 Å². The Balaban J connectivity index is 2.36. The second-order valence-corrected chi connectivity index (χ2v) is 6.43. The molecule has 1 heterocycles. The molecule has 0 spiro atoms. The molecule has 1 aromatic heterocycles. The van der Waals surface area contributed by atoms with Gasteiger partial charge in [0.2, 0.25) is 0 Å². The van der Waals surface area contributed by atoms with E-state index >= 15 is 0 Å². The molecule has 0 aliphatic rings. The molecule has 4 nitrogen and oxygen atoms in total. The second kappa shape index (κ2) is 5.71. The number of hydrogen-bond acceptors (Lipinski definition) is 5. The van der Waals surface area contributed by atoms with E-state index in [9.17, 15) is 0 Å². The number of nitrogen functional groups attached to an aromatic ring is 1. The Morgan fingerprint density at radius 1 is 1.15 bits per heavy atom. The van der Waals surface area contributed by atoms with Crippen molar-refractivity contribution in [2.45, 2.75) is 31.1 Å². The van der Waals surface area contributed by atoms with Gasteiger partial charge in [-0.3, -0.25) is 0 Å². The molecule has 0 saturated heterocycles. The van der Waals surface area contributed by atoms with Crippen molar-refractivity contribution in [1.82, 2.24) is 9.97 Å². The van der Waals surface area contributed by atoms with E-state index in [2.05, 4.69) is 48.4 Å². The third-order valence-electron chi connectivity index (χ3n) is 2.79. The molecule has 0 atom stereocenters. The first kappa shape index (κ1) is 14.7. The molecule has 2 rings (SSSR count). The molecular formula is C15H20N4S. The maximum atomic E-state index is 5.88. The lowest BCUT2D eigenvalue weighted by Crippen LogP contribution is -2.17. The minimum Gasteiger partial charge on any atom is -0.384 e. The van der Waals surface area contributed by atoms with E-state index in [1.54, 1.807) is 17.8 Å². The number of rotatable bonds is 3. The molecule has 0 bridgehead atoms. The number of hydrogen-bond donors (Lipinski definition) is 2. The fraction of sp³-hybridized carbons (Fsp3) is 0.333. The Kier molecular flexibility index (Phi) is 4.18. The molecule has 1 aromatic carbocycles. The van der Waals surface area contributed by atoms with Crippen molar-refractivity contribution < 1.29 is 0 Å². The molecule has 0 aliphatic carbocycles. The molecular weight excluding hydrogens is 268 g/mol. The standard InChI is InChI=1S/C15H20N4S/c1-15(2,3)14-18-12(16)9-13(19-14)17-10-7-5-6-8-11(10)20-4/h5-9H,1-4H3,(H3,16,17,18,19). The molecule has 0 aliphatic heterocycles. The van der Waals surface area contributed by atoms with Crippen LogP contribution in [0.25, 0.3) is 0 Å². The van der Waals surface area contributed by atoms with Crippen LogP contribution in [0.5, 0.6) is 0 Å². The quantitative estimate of drug-likeness (QED) is 0.841. The maximum Gasteiger partial charge on any atom is 0.138 e. The van der Waals surface area contributed by atoms with Crippen molar-refractivity contribution in [1.29, 1.82) is 0 Å². The van der Waals surface area contributed by atoms with Crippen LogP contribution in [0.2, 0.25) is 0 Å². The molecule has 2 aromatic rings. The molecule has 0 fully saturated rings. The molecule has 0 amide bonds. The van der Waals surface area contributed by atoms with Gasteiger partial charge in [0.1, 0.15) is 17.5 Å². The maximum absolute atomic E-state index is 5.88. The Morgan fingerprint density at radius 3 is 2.50 bits per heavy atom. The first-order valence-electron chi connectivity index (χ1n) is 6.45. The summed E-state index contributed by atoms with van der Waals surface area (Å²) in [4.78, 5) is 10.0. The van der Waals surface area contributed by atoms with Crippen molar-refractivity contribution in [2.24, 2.45) is 0 Å². The fourth-order valence-electron chi connectivity index (χ4n) is 1.75. The zero-order valence-electron chi connectivity index (χ0n) is 12.3. The SMILES string of the molecule is CSc1ccccc1Nc1cc(N)nc(C(C)(C)C)n1. The van der Waals surface area contributed by atoms with E-state index in [1.165, 1.54) is 4.90 Å². The highest BCUT2D eigenvalue weighted by Crippen LogP contribution is 2.28. The van der Waals surface area contributed by atoms with E-state index in [0.29, 0.717) is 5.82 Å². The third kappa shape index (κ3) is 3.42. The molecule has 0 saturated carbocycles. The van der Waals surface area contributed by atoms with Crippen LogP contribution >= 0.6 is 11.8 Å². The lowest BCUT2D eigenvalue weighted by Gasteiger charge is -2.18. The van der Waals surface area contributed by atoms with Gasteiger partial charge in [-0.15, -0.1) is 11.8 Å². The summed E-state index contributed by atoms with van der Waals surface area (Å²) in [5, 5.41) is 3.32. The molecule has 20 heavy (non-hydrogen) atoms. The first-order valence-corrected chi connectivity index (χ1v) is 7.67. The predicted molar refractivity (Wildman–Crippen MR) is 86.7 cm³/mol. The summed E-state index contributed by atoms with van der Waals surface area (Å²) >= 11 is 1.69. The number of thioether (sulfide) groups is 1. The van der Waals surface area contributed by atoms with Gasteiger partial charge < -0.3 is 11.1 Å². The average Bonchev–Trinajstić information content (AvgIpc) is 2.37. The topological polar surface area (TPSA) is 63.8 Å². The van der Waals surface area contributed by atoms with Gasteiger partial charge in [0.15, 0.2) is 0 Å². The Morgan fingerprint density at radius 2 is 1.85 bits per heavy atom. The Bertz CT molecular complexity index is 605. The number of para-hydroxylation sites is 1. The van der Waals surface area contributed by atoms with Crippen LogP contribution in [-0.4, -0.2) is 16.2 Å². The minimum atomic E-state index is -0.134. The van der Waals surface area contributed by atoms with Gasteiger partial charge in [-0.05, 0) is 18.4 Å². The summed E-state index contributed by atoms with van der Waals surface area (Å²) in [6.45, 7) is 6.21. The number of nitrogens with two attached hydrogens (primary N) is 1. The Labute approximate surface area is 124 Å². The second-order valence-electron chi connectivity index (χ2n) is 5.58. The zero-order valence-corrected chi connectivity index (χ0v) is 13.1. The largest absolute Gasteiger partial charge is 0.384 e. The number of nitrogens with one attached hydrogen (secondary N) is 1. The van der Waals surface area contributed by atoms with Crippen molar-refractivity contribution >= 4 is 29.1 Å². The number of aromatic nitrogens is 2. The first-order chi connectivity index (χ1) is 9.40. The van der Waals surface area contributed by atoms with E-state index in [0.717, 1.165) is 17.3 Å². The zero-order chi connectivity index (χ0) is 14.8. The highest BCUT2D eigenvalue weighted by molar-refractivity contribution is 7.98. The lowest BCUT2D eigenvalue weighted by molar-refractivity contribution is 0.547. The Hall–Kier alpha value is -1.75. The lowest BCUT2D eigenvalue weighted by atomic mass is 9.96. The average molecular weight is 288 g/mol. The van der Waals surface area contributed by atoms with Crippen molar-refractivity contribution in [2.75, 3.05) is 17.3 Å². The smallest absolute Gasteiger partial charge is 0.138 e. The van der Waals surface area contributed by atoms with Crippen molar-refractivity contribution in [3.63, 3.8) is 0 Å². The van der Waals surface area contributed by atoms with E-state index < -0.39 is 0 Å². The summed E-state index contributed by atoms with van der Waals surface area (Å²) in [7, 11) is 0. The van der Waals surface area contributed by atoms with Crippen LogP contribution in [0.1, 0.15) is 26.6 Å². The summed E-state index contributed by atoms with van der Waals surface area (Å²) in [5.41, 5.74) is 6.78. The summed E-state index contributed by atoms with van der Waals surface area (Å²) < 4.78 is 0. The number of nitrogens with zero attached hydrogens (tertiary/aromatic N) is 2. The van der Waals surface area contributed by atoms with Gasteiger partial charge in [-0.2, -0.15) is 0 Å². The summed E-state index contributed by atoms with van der Waals surface area (Å²) in [6.07, 6.45) is 2.05. The fourth-order valence-corrected chi connectivity index (χ4v) is 2.30. The predicted octanol–water partition coefficient (Wildman–Crippen LogP) is 3.82. The van der Waals surface area contributed by atoms with Crippen LogP contribution in [0, 0.1) is 0 Å². The highest BCUT2D eigenvalue weighted by Gasteiger charge is 2.18. The normalized spacial score (nSPS) is 11.4. The van der Waals surface area contributed by atoms with Crippen LogP contribution in [0.4, 0.5) is 17.3 Å². The van der Waals surface area contributed by atoms with Crippen molar-refractivity contribution in [3.8, 4) is 0 Å². The van der Waals surface area contributed by atoms with Gasteiger partial charge in [-0.1, -0.05) is 32.9 Å². The third-order valence-corrected chi connectivity index (χ3v) is 3.58. The number of benzene rings is 1. The van der Waals surface area contributed by atoms with Crippen molar-refractivity contribution in [3.05, 3.63) is 36.2 Å². The monoisotopic (exact) mass is 288 g/mol. The van der Waals surface area contributed by atoms with Gasteiger partial charge >= 0.3 is 0 Å². The van der Waals surface area contributed by atoms with E-state index in [-0.39, 0.29) is 5.41 Å². The molecule has 3 N–H and O–H groups in total. The summed E-state index contributed by atoms with van der Waals surface area (Å²) in [6, 6.07) is 9.87. The summed E-state index contributed by atoms with van der Waals surface area (Å²) in [5.74, 6) is 1.94. The van der Waals surface area contributed by atoms with Gasteiger partial charge in [0.25, 0.3) is 0 Å². The van der Waals surface area contributed by atoms with Gasteiger partial charge in [-0.25, -0.2) is 9.97 Å². The highest BCUT2D eigenvalue weighted by atomic mass is 32.2. The molecule has 0 radical (unpaired) electrons.